The quantitative estimate of drug-likeness (QED) is 0.315. The number of nitrogens with zero attached hydrogens (tertiary/aromatic N) is 4. The van der Waals surface area contributed by atoms with Crippen molar-refractivity contribution in [1.82, 2.24) is 14.9 Å². The Balaban J connectivity index is 1.43. The van der Waals surface area contributed by atoms with Crippen LogP contribution in [0.25, 0.3) is 0 Å². The second-order valence-electron chi connectivity index (χ2n) is 9.76. The van der Waals surface area contributed by atoms with Crippen molar-refractivity contribution >= 4 is 29.0 Å². The predicted octanol–water partition coefficient (Wildman–Crippen LogP) is 3.49. The van der Waals surface area contributed by atoms with Gasteiger partial charge in [0.25, 0.3) is 0 Å². The van der Waals surface area contributed by atoms with Crippen molar-refractivity contribution in [1.29, 1.82) is 0 Å². The van der Waals surface area contributed by atoms with Crippen LogP contribution in [0.1, 0.15) is 54.6 Å². The highest BCUT2D eigenvalue weighted by atomic mass is 16.6. The number of benzene rings is 1. The van der Waals surface area contributed by atoms with Crippen LogP contribution in [0.3, 0.4) is 0 Å². The molecule has 35 heavy (non-hydrogen) atoms. The molecule has 2 heterocycles. The highest BCUT2D eigenvalue weighted by Gasteiger charge is 2.34. The summed E-state index contributed by atoms with van der Waals surface area (Å²) in [5.41, 5.74) is 6.98. The van der Waals surface area contributed by atoms with Crippen molar-refractivity contribution in [2.75, 3.05) is 25.5 Å². The molecule has 2 atom stereocenters. The summed E-state index contributed by atoms with van der Waals surface area (Å²) < 4.78 is 0. The van der Waals surface area contributed by atoms with Crippen LogP contribution in [0, 0.1) is 27.9 Å². The SMILES string of the molecule is CN1CCC(CC(=O)c2ccc(Nc3ncc([N+](=O)[O-])c(C[C@@H]4CCC[C@@H]4C(N)=O)n3)cc2)CC1. The number of nitro groups is 1. The van der Waals surface area contributed by atoms with E-state index in [0.29, 0.717) is 36.4 Å². The van der Waals surface area contributed by atoms with Crippen molar-refractivity contribution in [3.05, 3.63) is 51.8 Å². The highest BCUT2D eigenvalue weighted by Crippen LogP contribution is 2.35. The zero-order valence-corrected chi connectivity index (χ0v) is 20.0. The lowest BCUT2D eigenvalue weighted by Gasteiger charge is -2.28. The lowest BCUT2D eigenvalue weighted by atomic mass is 9.90. The average Bonchev–Trinajstić information content (AvgIpc) is 3.29. The average molecular weight is 481 g/mol. The molecule has 0 unspecified atom stereocenters. The monoisotopic (exact) mass is 480 g/mol. The smallest absolute Gasteiger partial charge is 0.309 e. The van der Waals surface area contributed by atoms with Gasteiger partial charge in [0, 0.05) is 30.0 Å². The number of nitrogens with one attached hydrogen (secondary N) is 1. The van der Waals surface area contributed by atoms with E-state index in [0.717, 1.165) is 38.8 Å². The molecule has 0 bridgehead atoms. The third-order valence-corrected chi connectivity index (χ3v) is 7.30. The van der Waals surface area contributed by atoms with Crippen LogP contribution in [0.15, 0.2) is 30.5 Å². The number of likely N-dealkylation sites (tertiary alicyclic amines) is 1. The second kappa shape index (κ2) is 10.9. The Labute approximate surface area is 204 Å². The second-order valence-corrected chi connectivity index (χ2v) is 9.76. The summed E-state index contributed by atoms with van der Waals surface area (Å²) >= 11 is 0. The number of hydrogen-bond donors (Lipinski definition) is 2. The number of hydrogen-bond acceptors (Lipinski definition) is 8. The van der Waals surface area contributed by atoms with E-state index in [4.69, 9.17) is 5.73 Å². The molecule has 10 heteroatoms. The Morgan fingerprint density at radius 1 is 1.17 bits per heavy atom. The fourth-order valence-electron chi connectivity index (χ4n) is 5.19. The summed E-state index contributed by atoms with van der Waals surface area (Å²) in [6.07, 6.45) is 6.49. The maximum absolute atomic E-state index is 12.7. The third kappa shape index (κ3) is 6.19. The number of Topliss-reactive ketones (excluding diaryl/α,β-unsaturated/α-hetero) is 1. The van der Waals surface area contributed by atoms with Gasteiger partial charge in [0.1, 0.15) is 11.9 Å². The minimum atomic E-state index is -0.502. The molecular weight excluding hydrogens is 448 g/mol. The molecule has 1 aromatic carbocycles. The van der Waals surface area contributed by atoms with Crippen LogP contribution >= 0.6 is 0 Å². The van der Waals surface area contributed by atoms with Gasteiger partial charge in [-0.25, -0.2) is 9.97 Å². The van der Waals surface area contributed by atoms with Gasteiger partial charge in [0.2, 0.25) is 11.9 Å². The molecule has 1 aliphatic heterocycles. The van der Waals surface area contributed by atoms with Crippen LogP contribution in [0.4, 0.5) is 17.3 Å². The Morgan fingerprint density at radius 3 is 2.54 bits per heavy atom. The van der Waals surface area contributed by atoms with E-state index in [2.05, 4.69) is 27.2 Å². The minimum absolute atomic E-state index is 0.0659. The number of carbonyl (C=O) groups excluding carboxylic acids is 2. The number of piperidine rings is 1. The molecule has 10 nitrogen and oxygen atoms in total. The number of aromatic nitrogens is 2. The van der Waals surface area contributed by atoms with Crippen molar-refractivity contribution in [2.45, 2.75) is 44.9 Å². The Bertz CT molecular complexity index is 1080. The molecule has 1 saturated carbocycles. The van der Waals surface area contributed by atoms with Crippen LogP contribution in [-0.2, 0) is 11.2 Å². The van der Waals surface area contributed by atoms with Crippen molar-refractivity contribution in [3.63, 3.8) is 0 Å². The Morgan fingerprint density at radius 2 is 1.89 bits per heavy atom. The number of ketones is 1. The van der Waals surface area contributed by atoms with Crippen LogP contribution in [0.2, 0.25) is 0 Å². The number of rotatable bonds is 9. The molecule has 4 rings (SSSR count). The van der Waals surface area contributed by atoms with E-state index in [1.807, 2.05) is 0 Å². The first-order chi connectivity index (χ1) is 16.8. The molecule has 1 amide bonds. The van der Waals surface area contributed by atoms with E-state index in [9.17, 15) is 19.7 Å². The number of carbonyl (C=O) groups is 2. The molecule has 1 aromatic heterocycles. The van der Waals surface area contributed by atoms with Crippen LogP contribution < -0.4 is 11.1 Å². The van der Waals surface area contributed by atoms with E-state index >= 15 is 0 Å². The van der Waals surface area contributed by atoms with Gasteiger partial charge in [-0.05, 0) is 81.9 Å². The van der Waals surface area contributed by atoms with E-state index in [1.165, 1.54) is 6.20 Å². The molecular formula is C25H32N6O4. The van der Waals surface area contributed by atoms with Gasteiger partial charge in [0.05, 0.1) is 4.92 Å². The van der Waals surface area contributed by atoms with Crippen LogP contribution in [0.5, 0.6) is 0 Å². The lowest BCUT2D eigenvalue weighted by molar-refractivity contribution is -0.386. The largest absolute Gasteiger partial charge is 0.369 e. The standard InChI is InChI=1S/C25H32N6O4/c1-30-11-9-16(10-12-30)13-23(32)17-5-7-19(8-6-17)28-25-27-15-22(31(34)35)21(29-25)14-18-3-2-4-20(18)24(26)33/h5-8,15-16,18,20H,2-4,9-14H2,1H3,(H2,26,33)(H,27,28,29)/t18-,20-/m0/s1. The maximum Gasteiger partial charge on any atom is 0.309 e. The summed E-state index contributed by atoms with van der Waals surface area (Å²) in [6, 6.07) is 7.13. The summed E-state index contributed by atoms with van der Waals surface area (Å²) in [5, 5.41) is 14.6. The Hall–Kier alpha value is -3.40. The summed E-state index contributed by atoms with van der Waals surface area (Å²) in [7, 11) is 2.11. The van der Waals surface area contributed by atoms with Gasteiger partial charge in [-0.2, -0.15) is 0 Å². The van der Waals surface area contributed by atoms with Gasteiger partial charge in [0.15, 0.2) is 5.78 Å². The molecule has 2 aliphatic rings. The molecule has 1 aliphatic carbocycles. The molecule has 186 valence electrons. The zero-order chi connectivity index (χ0) is 24.9. The van der Waals surface area contributed by atoms with Crippen molar-refractivity contribution in [3.8, 4) is 0 Å². The van der Waals surface area contributed by atoms with Gasteiger partial charge in [-0.3, -0.25) is 19.7 Å². The summed E-state index contributed by atoms with van der Waals surface area (Å²) in [6.45, 7) is 2.06. The van der Waals surface area contributed by atoms with Gasteiger partial charge < -0.3 is 16.0 Å². The maximum atomic E-state index is 12.7. The van der Waals surface area contributed by atoms with Gasteiger partial charge in [-0.1, -0.05) is 6.42 Å². The fourth-order valence-corrected chi connectivity index (χ4v) is 5.19. The summed E-state index contributed by atoms with van der Waals surface area (Å²) in [5.74, 6) is 0.0695. The summed E-state index contributed by atoms with van der Waals surface area (Å²) in [4.78, 5) is 46.2. The van der Waals surface area contributed by atoms with E-state index < -0.39 is 4.92 Å². The lowest BCUT2D eigenvalue weighted by Crippen LogP contribution is -2.31. The highest BCUT2D eigenvalue weighted by molar-refractivity contribution is 5.96. The third-order valence-electron chi connectivity index (χ3n) is 7.30. The molecule has 2 aromatic rings. The first-order valence-corrected chi connectivity index (χ1v) is 12.2. The van der Waals surface area contributed by atoms with E-state index in [1.54, 1.807) is 24.3 Å². The molecule has 0 spiro atoms. The molecule has 1 saturated heterocycles. The number of nitrogens with two attached hydrogens (primary N) is 1. The fraction of sp³-hybridized carbons (Fsp3) is 0.520. The van der Waals surface area contributed by atoms with Gasteiger partial charge >= 0.3 is 5.69 Å². The van der Waals surface area contributed by atoms with E-state index in [-0.39, 0.29) is 40.9 Å². The topological polar surface area (TPSA) is 144 Å². The van der Waals surface area contributed by atoms with Crippen molar-refractivity contribution < 1.29 is 14.5 Å². The minimum Gasteiger partial charge on any atom is -0.369 e. The number of primary amides is 1. The first-order valence-electron chi connectivity index (χ1n) is 12.2. The molecule has 3 N–H and O–H groups in total. The number of anilines is 2. The van der Waals surface area contributed by atoms with Crippen LogP contribution in [-0.4, -0.2) is 51.6 Å². The normalized spacial score (nSPS) is 21.1. The zero-order valence-electron chi connectivity index (χ0n) is 20.0. The predicted molar refractivity (Wildman–Crippen MR) is 131 cm³/mol. The first kappa shape index (κ1) is 24.7. The van der Waals surface area contributed by atoms with Gasteiger partial charge in [-0.15, -0.1) is 0 Å². The number of amides is 1. The molecule has 2 fully saturated rings. The Kier molecular flexibility index (Phi) is 7.70. The van der Waals surface area contributed by atoms with Crippen molar-refractivity contribution in [2.24, 2.45) is 23.5 Å². The molecule has 0 radical (unpaired) electrons.